The summed E-state index contributed by atoms with van der Waals surface area (Å²) >= 11 is 0. The van der Waals surface area contributed by atoms with E-state index in [1.807, 2.05) is 6.07 Å². The average Bonchev–Trinajstić information content (AvgIpc) is 3.72. The number of benzene rings is 6. The maximum atomic E-state index is 6.88. The second kappa shape index (κ2) is 10.4. The molecule has 0 amide bonds. The number of furan rings is 2. The van der Waals surface area contributed by atoms with E-state index < -0.39 is 0 Å². The van der Waals surface area contributed by atoms with Crippen LogP contribution in [0.5, 0.6) is 0 Å². The second-order valence-corrected chi connectivity index (χ2v) is 16.7. The zero-order valence-electron chi connectivity index (χ0n) is 30.2. The molecule has 50 heavy (non-hydrogen) atoms. The molecule has 0 saturated heterocycles. The Bertz CT molecular complexity index is 2650. The monoisotopic (exact) mass is 653 g/mol. The van der Waals surface area contributed by atoms with Gasteiger partial charge < -0.3 is 13.7 Å². The van der Waals surface area contributed by atoms with Crippen molar-refractivity contribution in [2.45, 2.75) is 71.6 Å². The zero-order valence-corrected chi connectivity index (χ0v) is 30.2. The molecule has 0 saturated carbocycles. The van der Waals surface area contributed by atoms with Crippen LogP contribution in [0.25, 0.3) is 55.0 Å². The third-order valence-electron chi connectivity index (χ3n) is 10.9. The highest BCUT2D eigenvalue weighted by molar-refractivity contribution is 6.11. The first-order valence-corrected chi connectivity index (χ1v) is 17.8. The minimum Gasteiger partial charge on any atom is -0.456 e. The molecule has 248 valence electrons. The van der Waals surface area contributed by atoms with Gasteiger partial charge >= 0.3 is 0 Å². The van der Waals surface area contributed by atoms with E-state index in [-0.39, 0.29) is 16.2 Å². The third kappa shape index (κ3) is 4.49. The fraction of sp³-hybridized carbons (Fsp3) is 0.234. The van der Waals surface area contributed by atoms with Crippen molar-refractivity contribution >= 4 is 60.9 Å². The van der Waals surface area contributed by atoms with E-state index in [1.165, 1.54) is 38.8 Å². The molecule has 3 heteroatoms. The van der Waals surface area contributed by atoms with Gasteiger partial charge in [0.1, 0.15) is 16.7 Å². The topological polar surface area (TPSA) is 29.5 Å². The first-order valence-electron chi connectivity index (χ1n) is 17.8. The predicted octanol–water partition coefficient (Wildman–Crippen LogP) is 13.9. The molecular weight excluding hydrogens is 611 g/mol. The van der Waals surface area contributed by atoms with Crippen molar-refractivity contribution in [3.63, 3.8) is 0 Å². The first kappa shape index (κ1) is 30.8. The van der Waals surface area contributed by atoms with Crippen LogP contribution >= 0.6 is 0 Å². The number of rotatable bonds is 3. The minimum atomic E-state index is -0.129. The summed E-state index contributed by atoms with van der Waals surface area (Å²) in [5, 5.41) is 4.53. The smallest absolute Gasteiger partial charge is 0.159 e. The summed E-state index contributed by atoms with van der Waals surface area (Å²) in [4.78, 5) is 2.35. The van der Waals surface area contributed by atoms with E-state index in [0.717, 1.165) is 55.6 Å². The number of hydrogen-bond donors (Lipinski definition) is 0. The second-order valence-electron chi connectivity index (χ2n) is 16.7. The molecule has 6 aromatic carbocycles. The fourth-order valence-electron chi connectivity index (χ4n) is 8.16. The van der Waals surface area contributed by atoms with E-state index in [9.17, 15) is 0 Å². The molecule has 0 atom stereocenters. The number of nitrogens with zero attached hydrogens (tertiary/aromatic N) is 1. The van der Waals surface area contributed by atoms with Crippen LogP contribution in [0.1, 0.15) is 77.6 Å². The van der Waals surface area contributed by atoms with Gasteiger partial charge in [-0.05, 0) is 81.1 Å². The van der Waals surface area contributed by atoms with E-state index in [2.05, 4.69) is 169 Å². The minimum absolute atomic E-state index is 0.0147. The van der Waals surface area contributed by atoms with Gasteiger partial charge in [-0.1, -0.05) is 122 Å². The number of anilines is 3. The van der Waals surface area contributed by atoms with Crippen LogP contribution < -0.4 is 4.90 Å². The number of hydrogen-bond acceptors (Lipinski definition) is 3. The Balaban J connectivity index is 1.31. The summed E-state index contributed by atoms with van der Waals surface area (Å²) in [6.45, 7) is 18.4. The number of para-hydroxylation sites is 2. The van der Waals surface area contributed by atoms with Crippen LogP contribution in [0.4, 0.5) is 17.1 Å². The maximum absolute atomic E-state index is 6.88. The molecule has 2 aromatic heterocycles. The number of fused-ring (bicyclic) bond motifs is 9. The van der Waals surface area contributed by atoms with Crippen molar-refractivity contribution in [2.24, 2.45) is 0 Å². The van der Waals surface area contributed by atoms with Crippen molar-refractivity contribution in [1.29, 1.82) is 0 Å². The molecule has 0 radical (unpaired) electrons. The fourth-order valence-corrected chi connectivity index (χ4v) is 8.16. The van der Waals surface area contributed by atoms with E-state index in [4.69, 9.17) is 8.83 Å². The summed E-state index contributed by atoms with van der Waals surface area (Å²) < 4.78 is 13.5. The highest BCUT2D eigenvalue weighted by Gasteiger charge is 2.36. The van der Waals surface area contributed by atoms with Crippen molar-refractivity contribution in [3.05, 3.63) is 138 Å². The van der Waals surface area contributed by atoms with Crippen LogP contribution in [-0.4, -0.2) is 0 Å². The lowest BCUT2D eigenvalue weighted by molar-refractivity contribution is 0.559. The SMILES string of the molecule is CC(C)(C)c1cc(C(C)(C)C)c2oc3cc(N(c4ccc5c(c4)C(C)(C)c4ccccc4-5)c4cccc5c4oc4ccccc45)ccc3c2c1. The molecule has 0 aliphatic heterocycles. The standard InChI is InChI=1S/C47H43NO2/c1-45(2,3)28-24-36-34-23-21-30(27-42(34)50-43(36)39(25-28)46(4,5)6)48(40-18-13-16-35-33-15-10-12-19-41(33)49-44(35)40)29-20-22-32-31-14-9-11-17-37(31)47(7,8)38(32)26-29/h9-27H,1-8H3. The van der Waals surface area contributed by atoms with E-state index >= 15 is 0 Å². The Morgan fingerprint density at radius 2 is 1.16 bits per heavy atom. The molecule has 0 N–H and O–H groups in total. The molecule has 1 aliphatic rings. The van der Waals surface area contributed by atoms with Crippen LogP contribution in [0.3, 0.4) is 0 Å². The van der Waals surface area contributed by atoms with E-state index in [0.29, 0.717) is 0 Å². The van der Waals surface area contributed by atoms with Crippen LogP contribution in [0, 0.1) is 0 Å². The maximum Gasteiger partial charge on any atom is 0.159 e. The lowest BCUT2D eigenvalue weighted by atomic mass is 9.79. The summed E-state index contributed by atoms with van der Waals surface area (Å²) in [6, 6.07) is 41.9. The van der Waals surface area contributed by atoms with Gasteiger partial charge in [-0.25, -0.2) is 0 Å². The van der Waals surface area contributed by atoms with Crippen molar-refractivity contribution in [1.82, 2.24) is 0 Å². The van der Waals surface area contributed by atoms with Crippen LogP contribution in [0.2, 0.25) is 0 Å². The van der Waals surface area contributed by atoms with Crippen LogP contribution in [0.15, 0.2) is 124 Å². The van der Waals surface area contributed by atoms with Gasteiger partial charge in [0.15, 0.2) is 5.58 Å². The summed E-state index contributed by atoms with van der Waals surface area (Å²) in [7, 11) is 0. The highest BCUT2D eigenvalue weighted by Crippen LogP contribution is 2.52. The Morgan fingerprint density at radius 3 is 1.96 bits per heavy atom. The summed E-state index contributed by atoms with van der Waals surface area (Å²) in [5.74, 6) is 0. The van der Waals surface area contributed by atoms with Gasteiger partial charge in [0.05, 0.1) is 11.4 Å². The van der Waals surface area contributed by atoms with Crippen LogP contribution in [-0.2, 0) is 16.2 Å². The van der Waals surface area contributed by atoms with Crippen molar-refractivity contribution in [2.75, 3.05) is 4.90 Å². The molecule has 9 rings (SSSR count). The lowest BCUT2D eigenvalue weighted by Crippen LogP contribution is -2.16. The molecule has 3 nitrogen and oxygen atoms in total. The van der Waals surface area contributed by atoms with Gasteiger partial charge in [0.2, 0.25) is 0 Å². The molecule has 0 bridgehead atoms. The van der Waals surface area contributed by atoms with Gasteiger partial charge in [-0.2, -0.15) is 0 Å². The quantitative estimate of drug-likeness (QED) is 0.190. The van der Waals surface area contributed by atoms with Crippen molar-refractivity contribution < 1.29 is 8.83 Å². The molecule has 2 heterocycles. The average molecular weight is 654 g/mol. The highest BCUT2D eigenvalue weighted by atomic mass is 16.3. The predicted molar refractivity (Wildman–Crippen MR) is 211 cm³/mol. The molecule has 0 fully saturated rings. The molecule has 0 unspecified atom stereocenters. The Kier molecular flexibility index (Phi) is 6.38. The summed E-state index contributed by atoms with van der Waals surface area (Å²) in [6.07, 6.45) is 0. The lowest BCUT2D eigenvalue weighted by Gasteiger charge is -2.28. The normalized spacial score (nSPS) is 14.2. The molecule has 8 aromatic rings. The third-order valence-corrected chi connectivity index (χ3v) is 10.9. The largest absolute Gasteiger partial charge is 0.456 e. The van der Waals surface area contributed by atoms with Gasteiger partial charge in [-0.15, -0.1) is 0 Å². The first-order chi connectivity index (χ1) is 23.8. The molecule has 0 spiro atoms. The van der Waals surface area contributed by atoms with E-state index in [1.54, 1.807) is 0 Å². The van der Waals surface area contributed by atoms with Gasteiger partial charge in [0.25, 0.3) is 0 Å². The molecule has 1 aliphatic carbocycles. The van der Waals surface area contributed by atoms with Gasteiger partial charge in [-0.3, -0.25) is 0 Å². The summed E-state index contributed by atoms with van der Waals surface area (Å²) in [5.41, 5.74) is 14.4. The zero-order chi connectivity index (χ0) is 34.7. The molecular formula is C47H43NO2. The Labute approximate surface area is 294 Å². The Morgan fingerprint density at radius 1 is 0.500 bits per heavy atom. The Hall–Kier alpha value is -5.28. The van der Waals surface area contributed by atoms with Gasteiger partial charge in [0, 0.05) is 44.3 Å². The van der Waals surface area contributed by atoms with Crippen molar-refractivity contribution in [3.8, 4) is 11.1 Å².